The third-order valence-corrected chi connectivity index (χ3v) is 4.55. The van der Waals surface area contributed by atoms with E-state index in [1.807, 2.05) is 31.2 Å². The fourth-order valence-corrected chi connectivity index (χ4v) is 2.65. The molecule has 0 unspecified atom stereocenters. The largest absolute Gasteiger partial charge is 0.497 e. The lowest BCUT2D eigenvalue weighted by molar-refractivity contribution is 0.100. The molecule has 0 saturated carbocycles. The molecule has 2 aromatic heterocycles. The molecule has 0 aliphatic rings. The monoisotopic (exact) mass is 398 g/mol. The first-order valence-corrected chi connectivity index (χ1v) is 9.01. The van der Waals surface area contributed by atoms with E-state index in [1.165, 1.54) is 0 Å². The lowest BCUT2D eigenvalue weighted by Crippen LogP contribution is -2.35. The van der Waals surface area contributed by atoms with E-state index in [4.69, 9.17) is 16.2 Å². The second kappa shape index (κ2) is 8.27. The van der Waals surface area contributed by atoms with Crippen molar-refractivity contribution in [3.05, 3.63) is 47.9 Å². The van der Waals surface area contributed by atoms with E-state index in [-0.39, 0.29) is 29.3 Å². The molecule has 0 aliphatic carbocycles. The van der Waals surface area contributed by atoms with Gasteiger partial charge in [-0.25, -0.2) is 9.37 Å². The van der Waals surface area contributed by atoms with E-state index in [0.29, 0.717) is 11.4 Å². The van der Waals surface area contributed by atoms with Gasteiger partial charge in [-0.15, -0.1) is 0 Å². The summed E-state index contributed by atoms with van der Waals surface area (Å²) in [7, 11) is 1.58. The summed E-state index contributed by atoms with van der Waals surface area (Å²) in [5.41, 5.74) is 12.5. The number of pyridine rings is 2. The summed E-state index contributed by atoms with van der Waals surface area (Å²) < 4.78 is 19.6. The summed E-state index contributed by atoms with van der Waals surface area (Å²) in [5, 5.41) is 6.76. The zero-order valence-corrected chi connectivity index (χ0v) is 16.4. The van der Waals surface area contributed by atoms with Crippen molar-refractivity contribution in [2.24, 2.45) is 11.5 Å². The molecule has 152 valence electrons. The molecule has 0 saturated heterocycles. The molecular weight excluding hydrogens is 375 g/mol. The fourth-order valence-electron chi connectivity index (χ4n) is 2.65. The van der Waals surface area contributed by atoms with Crippen molar-refractivity contribution in [2.45, 2.75) is 25.9 Å². The molecule has 3 aromatic rings. The second-order valence-corrected chi connectivity index (χ2v) is 6.78. The molecule has 8 nitrogen and oxygen atoms in total. The predicted molar refractivity (Wildman–Crippen MR) is 111 cm³/mol. The number of primary amides is 1. The van der Waals surface area contributed by atoms with Crippen molar-refractivity contribution < 1.29 is 13.9 Å². The van der Waals surface area contributed by atoms with Crippen molar-refractivity contribution in [2.75, 3.05) is 17.7 Å². The lowest BCUT2D eigenvalue weighted by Gasteiger charge is -2.20. The smallest absolute Gasteiger partial charge is 0.252 e. The van der Waals surface area contributed by atoms with Crippen LogP contribution in [-0.2, 0) is 0 Å². The maximum absolute atomic E-state index is 14.4. The standard InChI is InChI=1S/C20H23FN6O2/c1-10(22)11(2)25-20-16(21)8-15(18(23)28)19(27-20)26-13-6-12-4-5-14(29-3)7-17(12)24-9-13/h4-11H,22H2,1-3H3,(H2,23,28)(H2,25,26,27)/t10-,11+/m0/s1. The first-order valence-electron chi connectivity index (χ1n) is 9.01. The summed E-state index contributed by atoms with van der Waals surface area (Å²) in [4.78, 5) is 20.4. The van der Waals surface area contributed by atoms with Crippen molar-refractivity contribution in [3.63, 3.8) is 0 Å². The molecule has 0 radical (unpaired) electrons. The van der Waals surface area contributed by atoms with Crippen LogP contribution in [0.15, 0.2) is 36.5 Å². The van der Waals surface area contributed by atoms with E-state index in [0.717, 1.165) is 17.0 Å². The maximum atomic E-state index is 14.4. The number of carbonyl (C=O) groups is 1. The normalized spacial score (nSPS) is 13.0. The van der Waals surface area contributed by atoms with Gasteiger partial charge in [0.15, 0.2) is 11.6 Å². The number of anilines is 3. The van der Waals surface area contributed by atoms with Gasteiger partial charge in [-0.2, -0.15) is 0 Å². The molecule has 6 N–H and O–H groups in total. The zero-order chi connectivity index (χ0) is 21.1. The average Bonchev–Trinajstić information content (AvgIpc) is 2.69. The Labute approximate surface area is 167 Å². The minimum Gasteiger partial charge on any atom is -0.497 e. The van der Waals surface area contributed by atoms with Gasteiger partial charge in [0.2, 0.25) is 0 Å². The van der Waals surface area contributed by atoms with E-state index < -0.39 is 11.7 Å². The number of nitrogens with two attached hydrogens (primary N) is 2. The number of methoxy groups -OCH3 is 1. The summed E-state index contributed by atoms with van der Waals surface area (Å²) >= 11 is 0. The van der Waals surface area contributed by atoms with Gasteiger partial charge in [-0.3, -0.25) is 9.78 Å². The Kier molecular flexibility index (Phi) is 5.79. The third kappa shape index (κ3) is 4.52. The highest BCUT2D eigenvalue weighted by atomic mass is 19.1. The van der Waals surface area contributed by atoms with Crippen molar-refractivity contribution >= 4 is 34.1 Å². The summed E-state index contributed by atoms with van der Waals surface area (Å²) in [5.74, 6) is -0.709. The Morgan fingerprint density at radius 2 is 1.97 bits per heavy atom. The van der Waals surface area contributed by atoms with Crippen LogP contribution < -0.4 is 26.8 Å². The average molecular weight is 398 g/mol. The van der Waals surface area contributed by atoms with E-state index in [2.05, 4.69) is 20.6 Å². The predicted octanol–water partition coefficient (Wildman–Crippen LogP) is 2.77. The molecule has 0 spiro atoms. The molecule has 3 rings (SSSR count). The van der Waals surface area contributed by atoms with Crippen LogP contribution in [0.2, 0.25) is 0 Å². The van der Waals surface area contributed by atoms with Crippen LogP contribution in [0.4, 0.5) is 21.7 Å². The molecule has 1 amide bonds. The van der Waals surface area contributed by atoms with Gasteiger partial charge in [-0.1, -0.05) is 0 Å². The molecular formula is C20H23FN6O2. The number of hydrogen-bond donors (Lipinski definition) is 4. The molecule has 1 aromatic carbocycles. The Balaban J connectivity index is 1.98. The minimum atomic E-state index is -0.802. The number of halogens is 1. The molecule has 0 bridgehead atoms. The van der Waals surface area contributed by atoms with Crippen LogP contribution in [0.3, 0.4) is 0 Å². The number of carbonyl (C=O) groups excluding carboxylic acids is 1. The highest BCUT2D eigenvalue weighted by Crippen LogP contribution is 2.26. The molecule has 2 atom stereocenters. The van der Waals surface area contributed by atoms with Crippen molar-refractivity contribution in [1.82, 2.24) is 9.97 Å². The Morgan fingerprint density at radius 3 is 2.62 bits per heavy atom. The number of aromatic nitrogens is 2. The van der Waals surface area contributed by atoms with Gasteiger partial charge in [-0.05, 0) is 38.1 Å². The van der Waals surface area contributed by atoms with Gasteiger partial charge in [0, 0.05) is 23.5 Å². The van der Waals surface area contributed by atoms with Gasteiger partial charge in [0.05, 0.1) is 30.1 Å². The van der Waals surface area contributed by atoms with E-state index in [1.54, 1.807) is 20.2 Å². The van der Waals surface area contributed by atoms with Crippen LogP contribution in [0.1, 0.15) is 24.2 Å². The van der Waals surface area contributed by atoms with Crippen LogP contribution in [0.5, 0.6) is 5.75 Å². The number of fused-ring (bicyclic) bond motifs is 1. The molecule has 0 fully saturated rings. The van der Waals surface area contributed by atoms with Crippen LogP contribution in [-0.4, -0.2) is 35.1 Å². The van der Waals surface area contributed by atoms with Gasteiger partial charge in [0.25, 0.3) is 5.91 Å². The number of nitrogens with zero attached hydrogens (tertiary/aromatic N) is 2. The Bertz CT molecular complexity index is 1060. The highest BCUT2D eigenvalue weighted by Gasteiger charge is 2.18. The number of benzene rings is 1. The zero-order valence-electron chi connectivity index (χ0n) is 16.4. The highest BCUT2D eigenvalue weighted by molar-refractivity contribution is 5.99. The maximum Gasteiger partial charge on any atom is 0.252 e. The Morgan fingerprint density at radius 1 is 1.21 bits per heavy atom. The molecule has 2 heterocycles. The fraction of sp³-hybridized carbons (Fsp3) is 0.250. The van der Waals surface area contributed by atoms with Gasteiger partial charge >= 0.3 is 0 Å². The summed E-state index contributed by atoms with van der Waals surface area (Å²) in [6.45, 7) is 3.60. The first-order chi connectivity index (χ1) is 13.8. The number of ether oxygens (including phenoxy) is 1. The molecule has 0 aliphatic heterocycles. The summed E-state index contributed by atoms with van der Waals surface area (Å²) in [6.07, 6.45) is 1.58. The lowest BCUT2D eigenvalue weighted by atomic mass is 10.1. The SMILES string of the molecule is COc1ccc2cc(Nc3nc(N[C@H](C)[C@H](C)N)c(F)cc3C(N)=O)cnc2c1. The van der Waals surface area contributed by atoms with Gasteiger partial charge in [0.1, 0.15) is 11.6 Å². The molecule has 29 heavy (non-hydrogen) atoms. The number of rotatable bonds is 7. The Hall–Kier alpha value is -3.46. The minimum absolute atomic E-state index is 0.0271. The van der Waals surface area contributed by atoms with E-state index in [9.17, 15) is 9.18 Å². The second-order valence-electron chi connectivity index (χ2n) is 6.78. The first kappa shape index (κ1) is 20.3. The topological polar surface area (TPSA) is 128 Å². The van der Waals surface area contributed by atoms with Crippen LogP contribution >= 0.6 is 0 Å². The number of amides is 1. The molecule has 9 heteroatoms. The number of hydrogen-bond acceptors (Lipinski definition) is 7. The third-order valence-electron chi connectivity index (χ3n) is 4.55. The van der Waals surface area contributed by atoms with Crippen LogP contribution in [0, 0.1) is 5.82 Å². The van der Waals surface area contributed by atoms with Gasteiger partial charge < -0.3 is 26.8 Å². The van der Waals surface area contributed by atoms with Crippen molar-refractivity contribution in [3.8, 4) is 5.75 Å². The summed E-state index contributed by atoms with van der Waals surface area (Å²) in [6, 6.07) is 7.89. The number of nitrogens with one attached hydrogen (secondary N) is 2. The van der Waals surface area contributed by atoms with E-state index >= 15 is 0 Å². The van der Waals surface area contributed by atoms with Crippen LogP contribution in [0.25, 0.3) is 10.9 Å². The quantitative estimate of drug-likeness (QED) is 0.482. The van der Waals surface area contributed by atoms with Crippen molar-refractivity contribution in [1.29, 1.82) is 0 Å².